The summed E-state index contributed by atoms with van der Waals surface area (Å²) in [4.78, 5) is 72.4. The summed E-state index contributed by atoms with van der Waals surface area (Å²) in [6, 6.07) is 0. The number of ether oxygens (including phenoxy) is 4. The van der Waals surface area contributed by atoms with Crippen LogP contribution in [0.3, 0.4) is 0 Å². The number of phosphoric ester groups is 2. The lowest BCUT2D eigenvalue weighted by atomic mass is 10.0. The van der Waals surface area contributed by atoms with Gasteiger partial charge in [0.1, 0.15) is 19.3 Å². The molecule has 5 atom stereocenters. The molecule has 0 aromatic rings. The smallest absolute Gasteiger partial charge is 0.462 e. The Hall–Kier alpha value is -1.94. The van der Waals surface area contributed by atoms with E-state index in [1.807, 2.05) is 0 Å². The van der Waals surface area contributed by atoms with E-state index >= 15 is 0 Å². The number of hydrogen-bond acceptors (Lipinski definition) is 15. The number of hydrogen-bond donors (Lipinski definition) is 3. The maximum Gasteiger partial charge on any atom is 0.472 e. The largest absolute Gasteiger partial charge is 0.472 e. The normalized spacial score (nSPS) is 14.1. The summed E-state index contributed by atoms with van der Waals surface area (Å²) in [5.41, 5.74) is 0. The molecule has 546 valence electrons. The highest BCUT2D eigenvalue weighted by Crippen LogP contribution is 2.45. The quantitative estimate of drug-likeness (QED) is 0.0222. The molecule has 0 aromatic heterocycles. The molecule has 0 amide bonds. The Labute approximate surface area is 562 Å². The number of rotatable bonds is 71. The Morgan fingerprint density at radius 2 is 0.500 bits per heavy atom. The predicted octanol–water partition coefficient (Wildman–Crippen LogP) is 21.0. The summed E-state index contributed by atoms with van der Waals surface area (Å²) in [6.07, 6.45) is 49.1. The molecule has 0 rings (SSSR count). The number of carbonyl (C=O) groups is 4. The molecular weight excluding hydrogens is 1210 g/mol. The van der Waals surface area contributed by atoms with Crippen molar-refractivity contribution < 1.29 is 80.2 Å². The number of unbranched alkanes of at least 4 members (excludes halogenated alkanes) is 39. The third-order valence-electron chi connectivity index (χ3n) is 16.9. The molecule has 17 nitrogen and oxygen atoms in total. The van der Waals surface area contributed by atoms with Gasteiger partial charge in [-0.1, -0.05) is 318 Å². The van der Waals surface area contributed by atoms with Crippen molar-refractivity contribution in [2.24, 2.45) is 17.8 Å². The lowest BCUT2D eigenvalue weighted by Crippen LogP contribution is -2.30. The van der Waals surface area contributed by atoms with E-state index in [0.717, 1.165) is 114 Å². The SMILES string of the molecule is CCCCCCCC(=O)OC[C@H](COP(=O)(O)OC[C@H](O)COP(=O)(O)OC[C@@H](COC(=O)CCCCCCCCCCCCCCCCC(C)C)OC(=O)CCCCCCCCCCCCCCCCCCC(C)C)OC(=O)CCCCCCCCCCC(C)C. The summed E-state index contributed by atoms with van der Waals surface area (Å²) in [7, 11) is -9.90. The highest BCUT2D eigenvalue weighted by molar-refractivity contribution is 7.47. The van der Waals surface area contributed by atoms with Crippen molar-refractivity contribution in [1.29, 1.82) is 0 Å². The Morgan fingerprint density at radius 1 is 0.293 bits per heavy atom. The lowest BCUT2D eigenvalue weighted by Gasteiger charge is -2.21. The van der Waals surface area contributed by atoms with Crippen LogP contribution in [-0.2, 0) is 65.4 Å². The van der Waals surface area contributed by atoms with Gasteiger partial charge in [0.2, 0.25) is 0 Å². The number of aliphatic hydroxyl groups is 1. The lowest BCUT2D eigenvalue weighted by molar-refractivity contribution is -0.161. The van der Waals surface area contributed by atoms with Crippen LogP contribution in [0, 0.1) is 17.8 Å². The maximum absolute atomic E-state index is 13.1. The fourth-order valence-electron chi connectivity index (χ4n) is 11.1. The van der Waals surface area contributed by atoms with Gasteiger partial charge in [-0.3, -0.25) is 37.3 Å². The molecule has 2 unspecified atom stereocenters. The van der Waals surface area contributed by atoms with E-state index in [2.05, 4.69) is 48.5 Å². The minimum atomic E-state index is -4.95. The molecule has 0 aromatic carbocycles. The van der Waals surface area contributed by atoms with Crippen LogP contribution in [0.4, 0.5) is 0 Å². The first-order valence-corrected chi connectivity index (χ1v) is 40.8. The fraction of sp³-hybridized carbons (Fsp3) is 0.945. The molecule has 0 saturated heterocycles. The van der Waals surface area contributed by atoms with Crippen LogP contribution in [-0.4, -0.2) is 96.7 Å². The Balaban J connectivity index is 5.14. The summed E-state index contributed by atoms with van der Waals surface area (Å²) >= 11 is 0. The first-order valence-electron chi connectivity index (χ1n) is 37.8. The van der Waals surface area contributed by atoms with Gasteiger partial charge in [0.05, 0.1) is 26.4 Å². The first kappa shape index (κ1) is 90.1. The van der Waals surface area contributed by atoms with Gasteiger partial charge in [0, 0.05) is 25.7 Å². The highest BCUT2D eigenvalue weighted by Gasteiger charge is 2.30. The Kier molecular flexibility index (Phi) is 62.4. The Morgan fingerprint density at radius 3 is 0.739 bits per heavy atom. The van der Waals surface area contributed by atoms with Crippen molar-refractivity contribution in [3.63, 3.8) is 0 Å². The van der Waals surface area contributed by atoms with Crippen LogP contribution in [0.2, 0.25) is 0 Å². The molecule has 0 radical (unpaired) electrons. The van der Waals surface area contributed by atoms with E-state index in [0.29, 0.717) is 25.7 Å². The summed E-state index contributed by atoms with van der Waals surface area (Å²) in [5.74, 6) is 0.193. The fourth-order valence-corrected chi connectivity index (χ4v) is 12.7. The minimum absolute atomic E-state index is 0.103. The van der Waals surface area contributed by atoms with Crippen molar-refractivity contribution in [2.45, 2.75) is 388 Å². The van der Waals surface area contributed by atoms with Crippen LogP contribution in [0.15, 0.2) is 0 Å². The van der Waals surface area contributed by atoms with Gasteiger partial charge in [0.15, 0.2) is 12.2 Å². The van der Waals surface area contributed by atoms with Crippen LogP contribution in [0.1, 0.15) is 370 Å². The monoisotopic (exact) mass is 1350 g/mol. The van der Waals surface area contributed by atoms with Gasteiger partial charge in [-0.25, -0.2) is 9.13 Å². The van der Waals surface area contributed by atoms with Gasteiger partial charge < -0.3 is 33.8 Å². The van der Waals surface area contributed by atoms with Gasteiger partial charge in [0.25, 0.3) is 0 Å². The number of aliphatic hydroxyl groups excluding tert-OH is 1. The highest BCUT2D eigenvalue weighted by atomic mass is 31.2. The standard InChI is InChI=1S/C73H142O17P2/c1-8-9-10-37-47-54-70(75)83-60-68(89-73(78)57-50-43-36-30-29-33-40-46-53-66(6)7)62-87-91(79,80)85-58-67(74)59-86-92(81,82)88-63-69(61-84-71(76)55-48-41-34-27-23-19-16-15-18-22-26-32-39-45-52-65(4)5)90-72(77)56-49-42-35-28-24-20-14-12-11-13-17-21-25-31-38-44-51-64(2)3/h64-69,74H,8-63H2,1-7H3,(H,79,80)(H,81,82)/t67-,68+,69+/m0/s1. The molecule has 3 N–H and O–H groups in total. The Bertz CT molecular complexity index is 1800. The zero-order valence-corrected chi connectivity index (χ0v) is 61.8. The summed E-state index contributed by atoms with van der Waals surface area (Å²) in [6.45, 7) is 11.8. The second kappa shape index (κ2) is 63.8. The van der Waals surface area contributed by atoms with Gasteiger partial charge >= 0.3 is 39.5 Å². The summed E-state index contributed by atoms with van der Waals surface area (Å²) < 4.78 is 68.2. The van der Waals surface area contributed by atoms with Crippen LogP contribution in [0.25, 0.3) is 0 Å². The van der Waals surface area contributed by atoms with Crippen LogP contribution < -0.4 is 0 Å². The molecule has 92 heavy (non-hydrogen) atoms. The van der Waals surface area contributed by atoms with Crippen molar-refractivity contribution in [2.75, 3.05) is 39.6 Å². The second-order valence-corrected chi connectivity index (χ2v) is 30.7. The van der Waals surface area contributed by atoms with Gasteiger partial charge in [-0.15, -0.1) is 0 Å². The molecule has 0 aliphatic rings. The molecule has 0 bridgehead atoms. The molecule has 0 aliphatic carbocycles. The van der Waals surface area contributed by atoms with E-state index in [4.69, 9.17) is 37.0 Å². The molecule has 0 spiro atoms. The van der Waals surface area contributed by atoms with Crippen LogP contribution >= 0.6 is 15.6 Å². The van der Waals surface area contributed by atoms with E-state index in [1.54, 1.807) is 0 Å². The molecule has 0 heterocycles. The predicted molar refractivity (Wildman–Crippen MR) is 372 cm³/mol. The maximum atomic E-state index is 13.1. The van der Waals surface area contributed by atoms with Crippen molar-refractivity contribution in [1.82, 2.24) is 0 Å². The average molecular weight is 1350 g/mol. The average Bonchev–Trinajstić information content (AvgIpc) is 2.61. The molecular formula is C73H142O17P2. The van der Waals surface area contributed by atoms with E-state index in [1.165, 1.54) is 173 Å². The third-order valence-corrected chi connectivity index (χ3v) is 18.8. The van der Waals surface area contributed by atoms with Crippen LogP contribution in [0.5, 0.6) is 0 Å². The van der Waals surface area contributed by atoms with Gasteiger partial charge in [-0.05, 0) is 43.4 Å². The van der Waals surface area contributed by atoms with Crippen molar-refractivity contribution in [3.8, 4) is 0 Å². The van der Waals surface area contributed by atoms with Crippen molar-refractivity contribution >= 4 is 39.5 Å². The number of carbonyl (C=O) groups excluding carboxylic acids is 4. The van der Waals surface area contributed by atoms with Crippen molar-refractivity contribution in [3.05, 3.63) is 0 Å². The first-order chi connectivity index (χ1) is 44.2. The zero-order chi connectivity index (χ0) is 68.0. The zero-order valence-electron chi connectivity index (χ0n) is 60.0. The molecule has 19 heteroatoms. The summed E-state index contributed by atoms with van der Waals surface area (Å²) in [5, 5.41) is 10.6. The minimum Gasteiger partial charge on any atom is -0.462 e. The second-order valence-electron chi connectivity index (χ2n) is 27.8. The van der Waals surface area contributed by atoms with E-state index in [9.17, 15) is 43.2 Å². The molecule has 0 fully saturated rings. The van der Waals surface area contributed by atoms with Gasteiger partial charge in [-0.2, -0.15) is 0 Å². The molecule has 0 aliphatic heterocycles. The third kappa shape index (κ3) is 66.7. The van der Waals surface area contributed by atoms with E-state index < -0.39 is 97.5 Å². The topological polar surface area (TPSA) is 237 Å². The number of phosphoric acid groups is 2. The van der Waals surface area contributed by atoms with E-state index in [-0.39, 0.29) is 25.7 Å². The number of esters is 4. The molecule has 0 saturated carbocycles.